The Labute approximate surface area is 128 Å². The van der Waals surface area contributed by atoms with Gasteiger partial charge in [0.05, 0.1) is 0 Å². The third kappa shape index (κ3) is 3.29. The summed E-state index contributed by atoms with van der Waals surface area (Å²) in [5.41, 5.74) is 1.09. The van der Waals surface area contributed by atoms with Crippen LogP contribution in [0.1, 0.15) is 52.1 Å². The van der Waals surface area contributed by atoms with Crippen LogP contribution in [-0.4, -0.2) is 30.6 Å². The quantitative estimate of drug-likeness (QED) is 0.883. The predicted octanol–water partition coefficient (Wildman–Crippen LogP) is 3.99. The topological polar surface area (TPSA) is 15.3 Å². The molecular weight excluding hydrogens is 263 g/mol. The summed E-state index contributed by atoms with van der Waals surface area (Å²) in [6, 6.07) is 8.13. The Morgan fingerprint density at radius 1 is 1.38 bits per heavy atom. The van der Waals surface area contributed by atoms with Crippen molar-refractivity contribution < 1.29 is 4.39 Å². The molecule has 1 aromatic rings. The Balaban J connectivity index is 2.19. The third-order valence-corrected chi connectivity index (χ3v) is 5.22. The molecule has 1 aliphatic rings. The fourth-order valence-corrected chi connectivity index (χ4v) is 3.75. The molecule has 0 aliphatic heterocycles. The van der Waals surface area contributed by atoms with Crippen LogP contribution in [0.2, 0.25) is 0 Å². The van der Waals surface area contributed by atoms with Crippen LogP contribution in [0.4, 0.5) is 4.39 Å². The fraction of sp³-hybridized carbons (Fsp3) is 0.667. The molecule has 0 radical (unpaired) electrons. The molecule has 0 amide bonds. The zero-order valence-electron chi connectivity index (χ0n) is 14.0. The van der Waals surface area contributed by atoms with Crippen molar-refractivity contribution in [2.45, 2.75) is 58.7 Å². The van der Waals surface area contributed by atoms with Gasteiger partial charge < -0.3 is 5.32 Å². The van der Waals surface area contributed by atoms with E-state index in [-0.39, 0.29) is 11.9 Å². The van der Waals surface area contributed by atoms with Gasteiger partial charge in [0.25, 0.3) is 0 Å². The van der Waals surface area contributed by atoms with Gasteiger partial charge in [-0.15, -0.1) is 0 Å². The molecule has 3 heteroatoms. The number of hydrogen-bond acceptors (Lipinski definition) is 2. The summed E-state index contributed by atoms with van der Waals surface area (Å²) in [7, 11) is 2.13. The largest absolute Gasteiger partial charge is 0.312 e. The molecule has 2 nitrogen and oxygen atoms in total. The molecule has 21 heavy (non-hydrogen) atoms. The van der Waals surface area contributed by atoms with Gasteiger partial charge in [-0.2, -0.15) is 0 Å². The lowest BCUT2D eigenvalue weighted by Crippen LogP contribution is -2.51. The van der Waals surface area contributed by atoms with Gasteiger partial charge in [-0.1, -0.05) is 39.0 Å². The minimum Gasteiger partial charge on any atom is -0.312 e. The highest BCUT2D eigenvalue weighted by atomic mass is 19.1. The maximum absolute atomic E-state index is 14.0. The lowest BCUT2D eigenvalue weighted by molar-refractivity contribution is 0.135. The number of rotatable bonds is 5. The first-order valence-electron chi connectivity index (χ1n) is 8.08. The van der Waals surface area contributed by atoms with E-state index in [1.165, 1.54) is 12.8 Å². The molecule has 0 spiro atoms. The van der Waals surface area contributed by atoms with Gasteiger partial charge in [0, 0.05) is 23.7 Å². The minimum atomic E-state index is -0.103. The van der Waals surface area contributed by atoms with Gasteiger partial charge in [-0.25, -0.2) is 4.39 Å². The minimum absolute atomic E-state index is 0.0891. The molecule has 0 bridgehead atoms. The van der Waals surface area contributed by atoms with E-state index in [9.17, 15) is 4.39 Å². The number of hydrogen-bond donors (Lipinski definition) is 1. The molecule has 1 fully saturated rings. The zero-order valence-corrected chi connectivity index (χ0v) is 14.0. The number of benzene rings is 1. The zero-order chi connectivity index (χ0) is 15.6. The molecule has 0 saturated heterocycles. The van der Waals surface area contributed by atoms with Gasteiger partial charge in [-0.3, -0.25) is 4.90 Å². The molecular formula is C18H29FN2. The fourth-order valence-electron chi connectivity index (χ4n) is 3.75. The summed E-state index contributed by atoms with van der Waals surface area (Å²) in [5.74, 6) is -0.103. The van der Waals surface area contributed by atoms with Crippen molar-refractivity contribution in [2.75, 3.05) is 13.6 Å². The van der Waals surface area contributed by atoms with Crippen LogP contribution in [0.3, 0.4) is 0 Å². The number of nitrogens with one attached hydrogen (secondary N) is 1. The normalized spacial score (nSPS) is 26.2. The van der Waals surface area contributed by atoms with Crippen LogP contribution < -0.4 is 5.32 Å². The van der Waals surface area contributed by atoms with Crippen LogP contribution in [-0.2, 0) is 0 Å². The van der Waals surface area contributed by atoms with Gasteiger partial charge in [0.15, 0.2) is 0 Å². The van der Waals surface area contributed by atoms with Gasteiger partial charge in [0.2, 0.25) is 0 Å². The average molecular weight is 292 g/mol. The molecule has 118 valence electrons. The standard InChI is InChI=1S/C18H29FN2/c1-6-20-17-16(11-12-18(17,3)4)21(5)13(2)14-9-7-8-10-15(14)19/h7-10,13,16-17,20H,6,11-12H2,1-5H3. The molecule has 0 heterocycles. The monoisotopic (exact) mass is 292 g/mol. The van der Waals surface area contributed by atoms with E-state index in [0.29, 0.717) is 17.5 Å². The maximum Gasteiger partial charge on any atom is 0.127 e. The van der Waals surface area contributed by atoms with Gasteiger partial charge >= 0.3 is 0 Å². The Hall–Kier alpha value is -0.930. The van der Waals surface area contributed by atoms with Crippen molar-refractivity contribution in [3.05, 3.63) is 35.6 Å². The van der Waals surface area contributed by atoms with E-state index in [0.717, 1.165) is 12.1 Å². The van der Waals surface area contributed by atoms with Crippen molar-refractivity contribution >= 4 is 0 Å². The predicted molar refractivity (Wildman–Crippen MR) is 86.8 cm³/mol. The van der Waals surface area contributed by atoms with Crippen LogP contribution in [0.25, 0.3) is 0 Å². The Morgan fingerprint density at radius 3 is 2.67 bits per heavy atom. The van der Waals surface area contributed by atoms with Gasteiger partial charge in [-0.05, 0) is 44.8 Å². The Morgan fingerprint density at radius 2 is 2.05 bits per heavy atom. The average Bonchev–Trinajstić information content (AvgIpc) is 2.74. The van der Waals surface area contributed by atoms with Crippen LogP contribution in [0.15, 0.2) is 24.3 Å². The first kappa shape index (κ1) is 16.4. The second kappa shape index (κ2) is 6.45. The summed E-state index contributed by atoms with van der Waals surface area (Å²) >= 11 is 0. The van der Waals surface area contributed by atoms with Crippen molar-refractivity contribution in [3.8, 4) is 0 Å². The molecule has 0 aromatic heterocycles. The summed E-state index contributed by atoms with van der Waals surface area (Å²) in [6.07, 6.45) is 2.38. The smallest absolute Gasteiger partial charge is 0.127 e. The van der Waals surface area contributed by atoms with E-state index < -0.39 is 0 Å². The summed E-state index contributed by atoms with van der Waals surface area (Å²) in [4.78, 5) is 2.35. The van der Waals surface area contributed by atoms with E-state index >= 15 is 0 Å². The number of likely N-dealkylation sites (N-methyl/N-ethyl adjacent to an activating group) is 2. The first-order valence-corrected chi connectivity index (χ1v) is 8.08. The van der Waals surface area contributed by atoms with Crippen LogP contribution >= 0.6 is 0 Å². The second-order valence-electron chi connectivity index (χ2n) is 6.99. The Bertz CT molecular complexity index is 472. The summed E-state index contributed by atoms with van der Waals surface area (Å²) in [5, 5.41) is 3.65. The Kier molecular flexibility index (Phi) is 5.05. The van der Waals surface area contributed by atoms with Gasteiger partial charge in [0.1, 0.15) is 5.82 Å². The first-order chi connectivity index (χ1) is 9.88. The second-order valence-corrected chi connectivity index (χ2v) is 6.99. The highest BCUT2D eigenvalue weighted by Gasteiger charge is 2.44. The van der Waals surface area contributed by atoms with Crippen LogP contribution in [0, 0.1) is 11.2 Å². The molecule has 2 rings (SSSR count). The lowest BCUT2D eigenvalue weighted by atomic mass is 9.86. The number of halogens is 1. The molecule has 1 saturated carbocycles. The maximum atomic E-state index is 14.0. The molecule has 3 unspecified atom stereocenters. The molecule has 3 atom stereocenters. The van der Waals surface area contributed by atoms with E-state index in [1.54, 1.807) is 12.1 Å². The highest BCUT2D eigenvalue weighted by Crippen LogP contribution is 2.41. The van der Waals surface area contributed by atoms with Crippen molar-refractivity contribution in [3.63, 3.8) is 0 Å². The van der Waals surface area contributed by atoms with E-state index in [2.05, 4.69) is 45.0 Å². The summed E-state index contributed by atoms with van der Waals surface area (Å²) in [6.45, 7) is 9.91. The van der Waals surface area contributed by atoms with Crippen molar-refractivity contribution in [1.29, 1.82) is 0 Å². The molecule has 1 aromatic carbocycles. The van der Waals surface area contributed by atoms with E-state index in [4.69, 9.17) is 0 Å². The molecule has 1 aliphatic carbocycles. The van der Waals surface area contributed by atoms with Crippen molar-refractivity contribution in [1.82, 2.24) is 10.2 Å². The van der Waals surface area contributed by atoms with E-state index in [1.807, 2.05) is 12.1 Å². The highest BCUT2D eigenvalue weighted by molar-refractivity contribution is 5.21. The van der Waals surface area contributed by atoms with Crippen LogP contribution in [0.5, 0.6) is 0 Å². The third-order valence-electron chi connectivity index (χ3n) is 5.22. The summed E-state index contributed by atoms with van der Waals surface area (Å²) < 4.78 is 14.0. The SMILES string of the molecule is CCNC1C(N(C)C(C)c2ccccc2F)CCC1(C)C. The lowest BCUT2D eigenvalue weighted by Gasteiger charge is -2.39. The number of nitrogens with zero attached hydrogens (tertiary/aromatic N) is 1. The van der Waals surface area contributed by atoms with Crippen molar-refractivity contribution in [2.24, 2.45) is 5.41 Å². The molecule has 1 N–H and O–H groups in total.